The minimum atomic E-state index is -3.62. The Morgan fingerprint density at radius 2 is 1.79 bits per heavy atom. The molecule has 3 aromatic carbocycles. The fraction of sp³-hybridized carbons (Fsp3) is 0.148. The molecule has 1 aromatic heterocycles. The van der Waals surface area contributed by atoms with Crippen molar-refractivity contribution in [2.75, 3.05) is 21.7 Å². The minimum absolute atomic E-state index is 0.00182. The molecule has 12 heteroatoms. The molecule has 1 heterocycles. The highest BCUT2D eigenvalue weighted by Gasteiger charge is 2.22. The molecule has 4 rings (SSSR count). The third-order valence-electron chi connectivity index (χ3n) is 5.57. The number of aromatic nitrogens is 2. The van der Waals surface area contributed by atoms with Crippen LogP contribution in [0.5, 0.6) is 5.75 Å². The summed E-state index contributed by atoms with van der Waals surface area (Å²) in [6.07, 6.45) is 1.66. The molecule has 0 radical (unpaired) electrons. The van der Waals surface area contributed by atoms with E-state index >= 15 is 0 Å². The molecule has 202 valence electrons. The zero-order valence-electron chi connectivity index (χ0n) is 20.8. The number of rotatable bonds is 10. The number of phenols is 1. The number of hydrogen-bond acceptors (Lipinski definition) is 8. The van der Waals surface area contributed by atoms with E-state index < -0.39 is 21.6 Å². The molecule has 0 fully saturated rings. The number of halogens is 2. The van der Waals surface area contributed by atoms with E-state index in [4.69, 9.17) is 11.6 Å². The maximum absolute atomic E-state index is 14.3. The van der Waals surface area contributed by atoms with Gasteiger partial charge in [0, 0.05) is 12.7 Å². The van der Waals surface area contributed by atoms with Gasteiger partial charge in [0.1, 0.15) is 22.9 Å². The second-order valence-corrected chi connectivity index (χ2v) is 11.0. The van der Waals surface area contributed by atoms with E-state index in [0.717, 1.165) is 11.6 Å². The molecule has 0 spiro atoms. The summed E-state index contributed by atoms with van der Waals surface area (Å²) in [5.74, 6) is -1.29. The molecule has 0 bridgehead atoms. The largest absolute Gasteiger partial charge is 0.508 e. The number of aromatic hydroxyl groups is 1. The SMILES string of the molecule is CCCS(=O)(=O)c1ccccc1Nc1nc(NCc2ccc(O)cc2)ncc1C(=O)Nc1c(F)cccc1Cl. The predicted molar refractivity (Wildman–Crippen MR) is 149 cm³/mol. The Kier molecular flexibility index (Phi) is 8.62. The average molecular weight is 570 g/mol. The second-order valence-electron chi connectivity index (χ2n) is 8.47. The van der Waals surface area contributed by atoms with Gasteiger partial charge >= 0.3 is 0 Å². The van der Waals surface area contributed by atoms with Crippen molar-refractivity contribution in [2.24, 2.45) is 0 Å². The van der Waals surface area contributed by atoms with Crippen molar-refractivity contribution < 1.29 is 22.7 Å². The topological polar surface area (TPSA) is 133 Å². The smallest absolute Gasteiger partial charge is 0.261 e. The van der Waals surface area contributed by atoms with Crippen molar-refractivity contribution >= 4 is 50.5 Å². The van der Waals surface area contributed by atoms with Crippen LogP contribution in [0, 0.1) is 5.82 Å². The highest BCUT2D eigenvalue weighted by molar-refractivity contribution is 7.91. The number of hydrogen-bond donors (Lipinski definition) is 4. The molecule has 4 N–H and O–H groups in total. The van der Waals surface area contributed by atoms with Crippen LogP contribution in [0.2, 0.25) is 5.02 Å². The fourth-order valence-electron chi connectivity index (χ4n) is 3.67. The lowest BCUT2D eigenvalue weighted by Crippen LogP contribution is -2.18. The molecule has 0 atom stereocenters. The number of carbonyl (C=O) groups excluding carboxylic acids is 1. The summed E-state index contributed by atoms with van der Waals surface area (Å²) in [5.41, 5.74) is 0.757. The van der Waals surface area contributed by atoms with Gasteiger partial charge in [0.15, 0.2) is 9.84 Å². The first-order valence-corrected chi connectivity index (χ1v) is 13.9. The number of carbonyl (C=O) groups is 1. The average Bonchev–Trinajstić information content (AvgIpc) is 2.91. The number of benzene rings is 3. The summed E-state index contributed by atoms with van der Waals surface area (Å²) in [7, 11) is -3.62. The number of amides is 1. The maximum Gasteiger partial charge on any atom is 0.261 e. The first-order valence-electron chi connectivity index (χ1n) is 11.9. The Morgan fingerprint density at radius 1 is 1.05 bits per heavy atom. The zero-order chi connectivity index (χ0) is 28.0. The normalized spacial score (nSPS) is 11.2. The molecular formula is C27H25ClFN5O4S. The molecule has 9 nitrogen and oxygen atoms in total. The van der Waals surface area contributed by atoms with Crippen LogP contribution in [0.3, 0.4) is 0 Å². The van der Waals surface area contributed by atoms with Crippen molar-refractivity contribution in [3.63, 3.8) is 0 Å². The van der Waals surface area contributed by atoms with Gasteiger partial charge in [0.05, 0.1) is 27.0 Å². The van der Waals surface area contributed by atoms with Gasteiger partial charge in [-0.15, -0.1) is 0 Å². The van der Waals surface area contributed by atoms with E-state index in [1.165, 1.54) is 24.4 Å². The first-order chi connectivity index (χ1) is 18.7. The van der Waals surface area contributed by atoms with Gasteiger partial charge in [0.2, 0.25) is 5.95 Å². The van der Waals surface area contributed by atoms with Gasteiger partial charge in [-0.2, -0.15) is 4.98 Å². The predicted octanol–water partition coefficient (Wildman–Crippen LogP) is 5.77. The summed E-state index contributed by atoms with van der Waals surface area (Å²) in [6, 6.07) is 16.8. The minimum Gasteiger partial charge on any atom is -0.508 e. The third-order valence-corrected chi connectivity index (χ3v) is 7.86. The summed E-state index contributed by atoms with van der Waals surface area (Å²) in [6.45, 7) is 2.07. The van der Waals surface area contributed by atoms with Gasteiger partial charge in [-0.1, -0.05) is 48.9 Å². The van der Waals surface area contributed by atoms with Crippen molar-refractivity contribution in [2.45, 2.75) is 24.8 Å². The lowest BCUT2D eigenvalue weighted by atomic mass is 10.2. The molecule has 1 amide bonds. The van der Waals surface area contributed by atoms with Crippen molar-refractivity contribution in [3.8, 4) is 5.75 Å². The number of anilines is 4. The van der Waals surface area contributed by atoms with Gasteiger partial charge < -0.3 is 21.1 Å². The standard InChI is InChI=1S/C27H25ClFN5O4S/c1-2-14-39(37,38)23-9-4-3-8-22(23)32-25-19(26(36)33-24-20(28)6-5-7-21(24)29)16-31-27(34-25)30-15-17-10-12-18(35)13-11-17/h3-13,16,35H,2,14-15H2,1H3,(H,33,36)(H2,30,31,32,34). The fourth-order valence-corrected chi connectivity index (χ4v) is 5.38. The molecular weight excluding hydrogens is 545 g/mol. The van der Waals surface area contributed by atoms with Crippen LogP contribution in [-0.2, 0) is 16.4 Å². The van der Waals surface area contributed by atoms with E-state index in [-0.39, 0.29) is 50.1 Å². The zero-order valence-corrected chi connectivity index (χ0v) is 22.4. The van der Waals surface area contributed by atoms with Crippen LogP contribution >= 0.6 is 11.6 Å². The summed E-state index contributed by atoms with van der Waals surface area (Å²) in [5, 5.41) is 17.9. The number of nitrogens with zero attached hydrogens (tertiary/aromatic N) is 2. The molecule has 4 aromatic rings. The van der Waals surface area contributed by atoms with E-state index in [9.17, 15) is 22.7 Å². The van der Waals surface area contributed by atoms with Crippen LogP contribution in [0.4, 0.5) is 27.5 Å². The summed E-state index contributed by atoms with van der Waals surface area (Å²) >= 11 is 6.07. The van der Waals surface area contributed by atoms with Crippen LogP contribution in [0.1, 0.15) is 29.3 Å². The van der Waals surface area contributed by atoms with Crippen LogP contribution in [0.15, 0.2) is 77.8 Å². The number of para-hydroxylation sites is 2. The molecule has 0 unspecified atom stereocenters. The van der Waals surface area contributed by atoms with Crippen molar-refractivity contribution in [3.05, 3.63) is 94.9 Å². The van der Waals surface area contributed by atoms with Gasteiger partial charge in [-0.25, -0.2) is 17.8 Å². The second kappa shape index (κ2) is 12.1. The Hall–Kier alpha value is -4.22. The monoisotopic (exact) mass is 569 g/mol. The molecule has 39 heavy (non-hydrogen) atoms. The Balaban J connectivity index is 1.71. The molecule has 0 saturated heterocycles. The first kappa shape index (κ1) is 27.8. The molecule has 0 saturated carbocycles. The Bertz CT molecular complexity index is 1580. The van der Waals surface area contributed by atoms with Gasteiger partial charge in [-0.05, 0) is 48.4 Å². The van der Waals surface area contributed by atoms with E-state index in [1.54, 1.807) is 49.4 Å². The van der Waals surface area contributed by atoms with E-state index in [0.29, 0.717) is 13.0 Å². The highest BCUT2D eigenvalue weighted by atomic mass is 35.5. The Morgan fingerprint density at radius 3 is 2.51 bits per heavy atom. The lowest BCUT2D eigenvalue weighted by molar-refractivity contribution is 0.102. The van der Waals surface area contributed by atoms with E-state index in [2.05, 4.69) is 25.9 Å². The van der Waals surface area contributed by atoms with Gasteiger partial charge in [0.25, 0.3) is 5.91 Å². The number of phenolic OH excluding ortho intramolecular Hbond substituents is 1. The van der Waals surface area contributed by atoms with Crippen LogP contribution in [-0.4, -0.2) is 35.2 Å². The number of sulfone groups is 1. The summed E-state index contributed by atoms with van der Waals surface area (Å²) in [4.78, 5) is 21.9. The molecule has 0 aliphatic heterocycles. The van der Waals surface area contributed by atoms with Gasteiger partial charge in [-0.3, -0.25) is 4.79 Å². The molecule has 0 aliphatic carbocycles. The third kappa shape index (κ3) is 6.81. The summed E-state index contributed by atoms with van der Waals surface area (Å²) < 4.78 is 40.1. The van der Waals surface area contributed by atoms with Crippen molar-refractivity contribution in [1.29, 1.82) is 0 Å². The highest BCUT2D eigenvalue weighted by Crippen LogP contribution is 2.29. The van der Waals surface area contributed by atoms with Crippen LogP contribution in [0.25, 0.3) is 0 Å². The van der Waals surface area contributed by atoms with Crippen LogP contribution < -0.4 is 16.0 Å². The number of nitrogens with one attached hydrogen (secondary N) is 3. The Labute approximate surface area is 230 Å². The van der Waals surface area contributed by atoms with Crippen molar-refractivity contribution in [1.82, 2.24) is 9.97 Å². The van der Waals surface area contributed by atoms with E-state index in [1.807, 2.05) is 0 Å². The quantitative estimate of drug-likeness (QED) is 0.189. The lowest BCUT2D eigenvalue weighted by Gasteiger charge is -2.16. The molecule has 0 aliphatic rings. The maximum atomic E-state index is 14.3.